The maximum absolute atomic E-state index is 12.6. The molecule has 0 unspecified atom stereocenters. The number of halogens is 1. The van der Waals surface area contributed by atoms with E-state index < -0.39 is 0 Å². The number of amides is 1. The molecular formula is C22H17ClN4O. The van der Waals surface area contributed by atoms with Crippen molar-refractivity contribution in [3.8, 4) is 11.3 Å². The number of nitrogens with one attached hydrogen (secondary N) is 1. The number of nitrogens with zero attached hydrogens (tertiary/aromatic N) is 2. The molecule has 0 saturated carbocycles. The molecular weight excluding hydrogens is 372 g/mol. The zero-order chi connectivity index (χ0) is 19.7. The van der Waals surface area contributed by atoms with Crippen LogP contribution in [0.1, 0.15) is 15.9 Å². The summed E-state index contributed by atoms with van der Waals surface area (Å²) >= 11 is 6.15. The van der Waals surface area contributed by atoms with Crippen molar-refractivity contribution in [2.24, 2.45) is 0 Å². The minimum Gasteiger partial charge on any atom is -0.399 e. The Morgan fingerprint density at radius 1 is 1.04 bits per heavy atom. The predicted octanol–water partition coefficient (Wildman–Crippen LogP) is 5.09. The second kappa shape index (κ2) is 7.29. The first-order chi connectivity index (χ1) is 13.5. The molecule has 0 radical (unpaired) electrons. The SMILES string of the molecule is Cc1ccc(NC(=O)c2ccc(N)cc2Cl)cc1-c1ncnc2ccccc12. The van der Waals surface area contributed by atoms with Gasteiger partial charge in [-0.1, -0.05) is 35.9 Å². The summed E-state index contributed by atoms with van der Waals surface area (Å²) in [7, 11) is 0. The van der Waals surface area contributed by atoms with E-state index in [0.717, 1.165) is 27.7 Å². The lowest BCUT2D eigenvalue weighted by atomic mass is 10.0. The summed E-state index contributed by atoms with van der Waals surface area (Å²) < 4.78 is 0. The summed E-state index contributed by atoms with van der Waals surface area (Å²) in [6.07, 6.45) is 1.55. The van der Waals surface area contributed by atoms with E-state index in [1.807, 2.05) is 49.4 Å². The molecule has 0 aliphatic carbocycles. The minimum atomic E-state index is -0.299. The maximum Gasteiger partial charge on any atom is 0.257 e. The minimum absolute atomic E-state index is 0.299. The van der Waals surface area contributed by atoms with Gasteiger partial charge in [-0.15, -0.1) is 0 Å². The van der Waals surface area contributed by atoms with Gasteiger partial charge in [0.05, 0.1) is 21.8 Å². The summed E-state index contributed by atoms with van der Waals surface area (Å²) in [4.78, 5) is 21.4. The molecule has 28 heavy (non-hydrogen) atoms. The van der Waals surface area contributed by atoms with Gasteiger partial charge in [0.15, 0.2) is 0 Å². The quantitative estimate of drug-likeness (QED) is 0.479. The van der Waals surface area contributed by atoms with Gasteiger partial charge >= 0.3 is 0 Å². The fraction of sp³-hybridized carbons (Fsp3) is 0.0455. The topological polar surface area (TPSA) is 80.9 Å². The number of carbonyl (C=O) groups is 1. The summed E-state index contributed by atoms with van der Waals surface area (Å²) in [6, 6.07) is 18.4. The Hall–Kier alpha value is -3.44. The highest BCUT2D eigenvalue weighted by molar-refractivity contribution is 6.34. The van der Waals surface area contributed by atoms with Gasteiger partial charge in [0.2, 0.25) is 0 Å². The number of anilines is 2. The molecule has 1 aromatic heterocycles. The molecule has 6 heteroatoms. The first-order valence-corrected chi connectivity index (χ1v) is 9.08. The van der Waals surface area contributed by atoms with Gasteiger partial charge < -0.3 is 11.1 Å². The average Bonchev–Trinajstić information content (AvgIpc) is 2.69. The predicted molar refractivity (Wildman–Crippen MR) is 114 cm³/mol. The second-order valence-corrected chi connectivity index (χ2v) is 6.87. The number of aromatic nitrogens is 2. The van der Waals surface area contributed by atoms with Gasteiger partial charge in [-0.3, -0.25) is 4.79 Å². The number of carbonyl (C=O) groups excluding carboxylic acids is 1. The van der Waals surface area contributed by atoms with E-state index in [9.17, 15) is 4.79 Å². The Bertz CT molecular complexity index is 1200. The van der Waals surface area contributed by atoms with E-state index in [1.165, 1.54) is 0 Å². The number of rotatable bonds is 3. The van der Waals surface area contributed by atoms with E-state index in [4.69, 9.17) is 17.3 Å². The summed E-state index contributed by atoms with van der Waals surface area (Å²) in [5.74, 6) is -0.299. The van der Waals surface area contributed by atoms with Gasteiger partial charge in [-0.05, 0) is 48.9 Å². The third-order valence-electron chi connectivity index (χ3n) is 4.53. The van der Waals surface area contributed by atoms with Crippen LogP contribution in [0.15, 0.2) is 67.0 Å². The molecule has 4 aromatic rings. The first kappa shape index (κ1) is 17.9. The largest absolute Gasteiger partial charge is 0.399 e. The molecule has 0 atom stereocenters. The standard InChI is InChI=1S/C22H17ClN4O/c1-13-6-8-15(27-22(28)16-9-7-14(24)10-19(16)23)11-18(13)21-17-4-2-3-5-20(17)25-12-26-21/h2-12H,24H2,1H3,(H,27,28). The number of hydrogen-bond donors (Lipinski definition) is 2. The molecule has 0 saturated heterocycles. The smallest absolute Gasteiger partial charge is 0.257 e. The Labute approximate surface area is 167 Å². The van der Waals surface area contributed by atoms with E-state index in [0.29, 0.717) is 22.0 Å². The monoisotopic (exact) mass is 388 g/mol. The Morgan fingerprint density at radius 2 is 1.86 bits per heavy atom. The molecule has 5 nitrogen and oxygen atoms in total. The number of benzene rings is 3. The maximum atomic E-state index is 12.6. The number of nitrogen functional groups attached to an aromatic ring is 1. The normalized spacial score (nSPS) is 10.8. The van der Waals surface area contributed by atoms with Crippen molar-refractivity contribution in [3.05, 3.63) is 83.1 Å². The van der Waals surface area contributed by atoms with E-state index >= 15 is 0 Å². The summed E-state index contributed by atoms with van der Waals surface area (Å²) in [6.45, 7) is 2.01. The van der Waals surface area contributed by atoms with Crippen LogP contribution in [0.3, 0.4) is 0 Å². The fourth-order valence-corrected chi connectivity index (χ4v) is 3.36. The Kier molecular flexibility index (Phi) is 4.67. The number of aryl methyl sites for hydroxylation is 1. The van der Waals surface area contributed by atoms with Crippen LogP contribution >= 0.6 is 11.6 Å². The zero-order valence-corrected chi connectivity index (χ0v) is 15.9. The number of hydrogen-bond acceptors (Lipinski definition) is 4. The van der Waals surface area contributed by atoms with Crippen molar-refractivity contribution >= 4 is 39.8 Å². The second-order valence-electron chi connectivity index (χ2n) is 6.46. The van der Waals surface area contributed by atoms with Gasteiger partial charge in [0.25, 0.3) is 5.91 Å². The van der Waals surface area contributed by atoms with Crippen LogP contribution in [0.4, 0.5) is 11.4 Å². The van der Waals surface area contributed by atoms with Crippen molar-refractivity contribution in [1.82, 2.24) is 9.97 Å². The molecule has 0 aliphatic heterocycles. The van der Waals surface area contributed by atoms with Crippen molar-refractivity contribution in [2.75, 3.05) is 11.1 Å². The van der Waals surface area contributed by atoms with Crippen LogP contribution in [-0.4, -0.2) is 15.9 Å². The third-order valence-corrected chi connectivity index (χ3v) is 4.84. The Balaban J connectivity index is 1.72. The third kappa shape index (κ3) is 3.40. The van der Waals surface area contributed by atoms with E-state index in [-0.39, 0.29) is 5.91 Å². The molecule has 0 fully saturated rings. The molecule has 1 amide bonds. The van der Waals surface area contributed by atoms with Crippen LogP contribution in [-0.2, 0) is 0 Å². The highest BCUT2D eigenvalue weighted by atomic mass is 35.5. The van der Waals surface area contributed by atoms with Crippen molar-refractivity contribution in [2.45, 2.75) is 6.92 Å². The van der Waals surface area contributed by atoms with Gasteiger partial charge in [0.1, 0.15) is 6.33 Å². The highest BCUT2D eigenvalue weighted by Gasteiger charge is 2.13. The van der Waals surface area contributed by atoms with Crippen LogP contribution < -0.4 is 11.1 Å². The van der Waals surface area contributed by atoms with E-state index in [2.05, 4.69) is 15.3 Å². The Morgan fingerprint density at radius 3 is 2.68 bits per heavy atom. The van der Waals surface area contributed by atoms with Gasteiger partial charge in [0, 0.05) is 22.3 Å². The van der Waals surface area contributed by atoms with Crippen LogP contribution in [0, 0.1) is 6.92 Å². The van der Waals surface area contributed by atoms with Gasteiger partial charge in [-0.25, -0.2) is 9.97 Å². The lowest BCUT2D eigenvalue weighted by molar-refractivity contribution is 0.102. The summed E-state index contributed by atoms with van der Waals surface area (Å²) in [5, 5.41) is 4.16. The molecule has 0 bridgehead atoms. The van der Waals surface area contributed by atoms with Crippen molar-refractivity contribution in [1.29, 1.82) is 0 Å². The first-order valence-electron chi connectivity index (χ1n) is 8.70. The van der Waals surface area contributed by atoms with E-state index in [1.54, 1.807) is 24.5 Å². The van der Waals surface area contributed by atoms with Crippen LogP contribution in [0.25, 0.3) is 22.2 Å². The number of fused-ring (bicyclic) bond motifs is 1. The zero-order valence-electron chi connectivity index (χ0n) is 15.1. The molecule has 1 heterocycles. The average molecular weight is 389 g/mol. The van der Waals surface area contributed by atoms with Crippen molar-refractivity contribution < 1.29 is 4.79 Å². The molecule has 0 spiro atoms. The molecule has 0 aliphatic rings. The fourth-order valence-electron chi connectivity index (χ4n) is 3.09. The van der Waals surface area contributed by atoms with Gasteiger partial charge in [-0.2, -0.15) is 0 Å². The summed E-state index contributed by atoms with van der Waals surface area (Å²) in [5.41, 5.74) is 10.9. The van der Waals surface area contributed by atoms with Crippen LogP contribution in [0.5, 0.6) is 0 Å². The van der Waals surface area contributed by atoms with Crippen molar-refractivity contribution in [3.63, 3.8) is 0 Å². The molecule has 3 N–H and O–H groups in total. The molecule has 3 aromatic carbocycles. The molecule has 138 valence electrons. The number of nitrogens with two attached hydrogens (primary N) is 1. The van der Waals surface area contributed by atoms with Crippen LogP contribution in [0.2, 0.25) is 5.02 Å². The highest BCUT2D eigenvalue weighted by Crippen LogP contribution is 2.30. The molecule has 4 rings (SSSR count). The lowest BCUT2D eigenvalue weighted by Crippen LogP contribution is -2.12. The number of para-hydroxylation sites is 1. The lowest BCUT2D eigenvalue weighted by Gasteiger charge is -2.12.